The summed E-state index contributed by atoms with van der Waals surface area (Å²) in [5.74, 6) is 1.03. The topological polar surface area (TPSA) is 72.5 Å². The van der Waals surface area contributed by atoms with Crippen molar-refractivity contribution in [3.63, 3.8) is 0 Å². The van der Waals surface area contributed by atoms with Crippen LogP contribution in [0, 0.1) is 11.3 Å². The SMILES string of the molecule is N#Cc1ccc(CN2CCN(c3nn4c(NC5CCCC5)c(-c5ccccc5)nc4s3)CC2)cc1. The second kappa shape index (κ2) is 9.68. The van der Waals surface area contributed by atoms with Crippen LogP contribution >= 0.6 is 11.3 Å². The molecule has 8 heteroatoms. The Hall–Kier alpha value is -3.41. The number of nitrogens with one attached hydrogen (secondary N) is 1. The highest BCUT2D eigenvalue weighted by Crippen LogP contribution is 2.35. The number of hydrogen-bond acceptors (Lipinski definition) is 7. The largest absolute Gasteiger partial charge is 0.365 e. The van der Waals surface area contributed by atoms with Gasteiger partial charge in [-0.25, -0.2) is 4.98 Å². The molecule has 1 aliphatic carbocycles. The van der Waals surface area contributed by atoms with Gasteiger partial charge in [0.15, 0.2) is 5.82 Å². The summed E-state index contributed by atoms with van der Waals surface area (Å²) in [6.45, 7) is 4.79. The average Bonchev–Trinajstić information content (AvgIpc) is 3.64. The smallest absolute Gasteiger partial charge is 0.216 e. The Morgan fingerprint density at radius 3 is 2.43 bits per heavy atom. The van der Waals surface area contributed by atoms with Crippen molar-refractivity contribution in [3.05, 3.63) is 65.7 Å². The molecular weight excluding hydrogens is 454 g/mol. The first kappa shape index (κ1) is 22.1. The number of benzene rings is 2. The van der Waals surface area contributed by atoms with E-state index in [-0.39, 0.29) is 0 Å². The highest BCUT2D eigenvalue weighted by atomic mass is 32.1. The van der Waals surface area contributed by atoms with Gasteiger partial charge in [-0.3, -0.25) is 4.90 Å². The molecule has 0 unspecified atom stereocenters. The Kier molecular flexibility index (Phi) is 6.11. The van der Waals surface area contributed by atoms with E-state index in [4.69, 9.17) is 15.3 Å². The lowest BCUT2D eigenvalue weighted by Crippen LogP contribution is -2.46. The molecule has 0 amide bonds. The summed E-state index contributed by atoms with van der Waals surface area (Å²) in [5, 5.41) is 18.9. The molecule has 2 aromatic heterocycles. The van der Waals surface area contributed by atoms with E-state index in [1.54, 1.807) is 11.3 Å². The second-order valence-electron chi connectivity index (χ2n) is 9.45. The molecule has 4 aromatic rings. The zero-order valence-corrected chi connectivity index (χ0v) is 20.5. The highest BCUT2D eigenvalue weighted by Gasteiger charge is 2.25. The summed E-state index contributed by atoms with van der Waals surface area (Å²) in [4.78, 5) is 10.8. The van der Waals surface area contributed by atoms with E-state index in [1.165, 1.54) is 31.2 Å². The van der Waals surface area contributed by atoms with E-state index >= 15 is 0 Å². The Bertz CT molecular complexity index is 1320. The fourth-order valence-electron chi connectivity index (χ4n) is 5.10. The summed E-state index contributed by atoms with van der Waals surface area (Å²) in [6, 6.07) is 21.0. The molecule has 178 valence electrons. The van der Waals surface area contributed by atoms with Crippen LogP contribution in [-0.4, -0.2) is 51.7 Å². The summed E-state index contributed by atoms with van der Waals surface area (Å²) in [5.41, 5.74) is 4.09. The first-order valence-corrected chi connectivity index (χ1v) is 13.3. The number of rotatable bonds is 6. The molecule has 2 aromatic carbocycles. The highest BCUT2D eigenvalue weighted by molar-refractivity contribution is 7.20. The van der Waals surface area contributed by atoms with Gasteiger partial charge < -0.3 is 10.2 Å². The lowest BCUT2D eigenvalue weighted by Gasteiger charge is -2.34. The van der Waals surface area contributed by atoms with E-state index in [9.17, 15) is 0 Å². The number of anilines is 2. The Labute approximate surface area is 209 Å². The fourth-order valence-corrected chi connectivity index (χ4v) is 6.05. The minimum Gasteiger partial charge on any atom is -0.365 e. The van der Waals surface area contributed by atoms with Gasteiger partial charge in [-0.05, 0) is 30.5 Å². The molecule has 2 aliphatic rings. The normalized spacial score (nSPS) is 17.2. The van der Waals surface area contributed by atoms with Gasteiger partial charge in [0, 0.05) is 44.3 Å². The molecule has 3 heterocycles. The summed E-state index contributed by atoms with van der Waals surface area (Å²) < 4.78 is 2.03. The van der Waals surface area contributed by atoms with Crippen LogP contribution < -0.4 is 10.2 Å². The van der Waals surface area contributed by atoms with Crippen molar-refractivity contribution in [3.8, 4) is 17.3 Å². The number of piperazine rings is 1. The molecule has 7 nitrogen and oxygen atoms in total. The van der Waals surface area contributed by atoms with E-state index < -0.39 is 0 Å². The number of nitriles is 1. The van der Waals surface area contributed by atoms with E-state index in [0.717, 1.165) is 59.9 Å². The second-order valence-corrected chi connectivity index (χ2v) is 10.4. The number of nitrogens with zero attached hydrogens (tertiary/aromatic N) is 6. The van der Waals surface area contributed by atoms with Crippen LogP contribution in [0.2, 0.25) is 0 Å². The third-order valence-corrected chi connectivity index (χ3v) is 8.04. The maximum absolute atomic E-state index is 9.00. The van der Waals surface area contributed by atoms with Gasteiger partial charge in [0.2, 0.25) is 10.1 Å². The predicted octanol–water partition coefficient (Wildman–Crippen LogP) is 5.01. The Morgan fingerprint density at radius 2 is 1.71 bits per heavy atom. The van der Waals surface area contributed by atoms with Crippen molar-refractivity contribution in [1.82, 2.24) is 19.5 Å². The number of imidazole rings is 1. The maximum atomic E-state index is 9.00. The van der Waals surface area contributed by atoms with Crippen molar-refractivity contribution in [2.24, 2.45) is 0 Å². The molecule has 0 atom stereocenters. The first-order chi connectivity index (χ1) is 17.3. The molecular formula is C27H29N7S. The molecule has 6 rings (SSSR count). The third-order valence-electron chi connectivity index (χ3n) is 7.07. The molecule has 35 heavy (non-hydrogen) atoms. The van der Waals surface area contributed by atoms with Crippen LogP contribution in [0.15, 0.2) is 54.6 Å². The van der Waals surface area contributed by atoms with Gasteiger partial charge in [-0.15, -0.1) is 5.10 Å². The number of hydrogen-bond donors (Lipinski definition) is 1. The lowest BCUT2D eigenvalue weighted by atomic mass is 10.1. The van der Waals surface area contributed by atoms with Crippen LogP contribution in [0.1, 0.15) is 36.8 Å². The van der Waals surface area contributed by atoms with Crippen LogP contribution in [0.3, 0.4) is 0 Å². The molecule has 0 spiro atoms. The average molecular weight is 484 g/mol. The van der Waals surface area contributed by atoms with E-state index in [2.05, 4.69) is 57.6 Å². The van der Waals surface area contributed by atoms with Gasteiger partial charge in [0.25, 0.3) is 0 Å². The van der Waals surface area contributed by atoms with Gasteiger partial charge in [-0.1, -0.05) is 66.6 Å². The van der Waals surface area contributed by atoms with Gasteiger partial charge in [0.05, 0.1) is 11.6 Å². The standard InChI is InChI=1S/C27H29N7S/c28-18-20-10-12-21(13-11-20)19-32-14-16-33(17-15-32)27-31-34-25(29-23-8-4-5-9-23)24(30-26(34)35-27)22-6-2-1-3-7-22/h1-3,6-7,10-13,23,29H,4-5,8-9,14-17,19H2. The van der Waals surface area contributed by atoms with Crippen molar-refractivity contribution in [1.29, 1.82) is 5.26 Å². The lowest BCUT2D eigenvalue weighted by molar-refractivity contribution is 0.249. The summed E-state index contributed by atoms with van der Waals surface area (Å²) in [7, 11) is 0. The van der Waals surface area contributed by atoms with Crippen molar-refractivity contribution in [2.75, 3.05) is 36.4 Å². The number of fused-ring (bicyclic) bond motifs is 1. The van der Waals surface area contributed by atoms with Gasteiger partial charge in [-0.2, -0.15) is 9.78 Å². The van der Waals surface area contributed by atoms with Gasteiger partial charge in [0.1, 0.15) is 5.69 Å². The maximum Gasteiger partial charge on any atom is 0.216 e. The minimum absolute atomic E-state index is 0.494. The molecule has 0 bridgehead atoms. The van der Waals surface area contributed by atoms with E-state index in [0.29, 0.717) is 11.6 Å². The van der Waals surface area contributed by atoms with Crippen molar-refractivity contribution in [2.45, 2.75) is 38.3 Å². The molecule has 1 N–H and O–H groups in total. The summed E-state index contributed by atoms with van der Waals surface area (Å²) >= 11 is 1.68. The van der Waals surface area contributed by atoms with Crippen LogP contribution in [0.25, 0.3) is 16.2 Å². The molecule has 2 fully saturated rings. The fraction of sp³-hybridized carbons (Fsp3) is 0.370. The van der Waals surface area contributed by atoms with Crippen molar-refractivity contribution >= 4 is 27.2 Å². The monoisotopic (exact) mass is 483 g/mol. The Balaban J connectivity index is 1.19. The third kappa shape index (κ3) is 4.62. The van der Waals surface area contributed by atoms with E-state index in [1.807, 2.05) is 22.7 Å². The predicted molar refractivity (Wildman–Crippen MR) is 141 cm³/mol. The molecule has 1 aliphatic heterocycles. The summed E-state index contributed by atoms with van der Waals surface area (Å²) in [6.07, 6.45) is 4.99. The number of aromatic nitrogens is 3. The van der Waals surface area contributed by atoms with Crippen molar-refractivity contribution < 1.29 is 0 Å². The quantitative estimate of drug-likeness (QED) is 0.416. The van der Waals surface area contributed by atoms with Crippen LogP contribution in [-0.2, 0) is 6.54 Å². The van der Waals surface area contributed by atoms with Gasteiger partial charge >= 0.3 is 0 Å². The van der Waals surface area contributed by atoms with Crippen LogP contribution in [0.5, 0.6) is 0 Å². The van der Waals surface area contributed by atoms with Crippen LogP contribution in [0.4, 0.5) is 10.9 Å². The molecule has 0 radical (unpaired) electrons. The molecule has 1 saturated carbocycles. The first-order valence-electron chi connectivity index (χ1n) is 12.4. The zero-order valence-electron chi connectivity index (χ0n) is 19.7. The Morgan fingerprint density at radius 1 is 0.971 bits per heavy atom. The molecule has 1 saturated heterocycles. The minimum atomic E-state index is 0.494. The zero-order chi connectivity index (χ0) is 23.6.